The van der Waals surface area contributed by atoms with Gasteiger partial charge >= 0.3 is 0 Å². The largest absolute Gasteiger partial charge is 0.293 e. The molecule has 6 rings (SSSR count). The molecule has 0 unspecified atom stereocenters. The van der Waals surface area contributed by atoms with E-state index in [1.807, 2.05) is 6.07 Å². The van der Waals surface area contributed by atoms with Crippen LogP contribution in [0.2, 0.25) is 5.02 Å². The van der Waals surface area contributed by atoms with Crippen molar-refractivity contribution in [2.75, 3.05) is 5.75 Å². The summed E-state index contributed by atoms with van der Waals surface area (Å²) in [7, 11) is 0. The zero-order valence-corrected chi connectivity index (χ0v) is 19.9. The van der Waals surface area contributed by atoms with Gasteiger partial charge < -0.3 is 0 Å². The molecule has 4 nitrogen and oxygen atoms in total. The van der Waals surface area contributed by atoms with Crippen LogP contribution in [0.4, 0.5) is 0 Å². The van der Waals surface area contributed by atoms with Crippen LogP contribution in [-0.4, -0.2) is 26.5 Å². The summed E-state index contributed by atoms with van der Waals surface area (Å²) in [5.74, 6) is 0.359. The molecule has 0 saturated heterocycles. The molecule has 3 heterocycles. The lowest BCUT2D eigenvalue weighted by Gasteiger charge is -2.09. The van der Waals surface area contributed by atoms with Crippen LogP contribution in [0.25, 0.3) is 31.7 Å². The number of fused-ring (bicyclic) bond motifs is 5. The number of aromatic nitrogens is 3. The maximum Gasteiger partial charge on any atom is 0.173 e. The van der Waals surface area contributed by atoms with Gasteiger partial charge in [0, 0.05) is 21.5 Å². The van der Waals surface area contributed by atoms with Crippen molar-refractivity contribution in [3.63, 3.8) is 0 Å². The molecule has 0 aliphatic heterocycles. The number of aryl methyl sites for hydroxylation is 1. The van der Waals surface area contributed by atoms with Gasteiger partial charge in [0.15, 0.2) is 5.78 Å². The van der Waals surface area contributed by atoms with Gasteiger partial charge in [-0.05, 0) is 54.7 Å². The minimum Gasteiger partial charge on any atom is -0.293 e. The molecule has 3 aromatic heterocycles. The summed E-state index contributed by atoms with van der Waals surface area (Å²) in [5.41, 5.74) is 6.57. The molecule has 1 aliphatic rings. The van der Waals surface area contributed by atoms with Crippen LogP contribution >= 0.6 is 34.7 Å². The third-order valence-corrected chi connectivity index (χ3v) is 8.44. The van der Waals surface area contributed by atoms with E-state index in [4.69, 9.17) is 16.6 Å². The Labute approximate surface area is 204 Å². The van der Waals surface area contributed by atoms with Gasteiger partial charge in [0.25, 0.3) is 0 Å². The summed E-state index contributed by atoms with van der Waals surface area (Å²) in [6.07, 6.45) is 4.83. The Morgan fingerprint density at radius 2 is 1.79 bits per heavy atom. The third kappa shape index (κ3) is 3.72. The van der Waals surface area contributed by atoms with E-state index >= 15 is 0 Å². The average Bonchev–Trinajstić information content (AvgIpc) is 3.47. The summed E-state index contributed by atoms with van der Waals surface area (Å²) >= 11 is 9.03. The van der Waals surface area contributed by atoms with Crippen molar-refractivity contribution in [1.82, 2.24) is 15.0 Å². The predicted octanol–water partition coefficient (Wildman–Crippen LogP) is 7.02. The van der Waals surface area contributed by atoms with Crippen LogP contribution in [0.5, 0.6) is 0 Å². The third-order valence-electron chi connectivity index (χ3n) is 5.99. The number of thiophene rings is 1. The Morgan fingerprint density at radius 1 is 1.00 bits per heavy atom. The van der Waals surface area contributed by atoms with E-state index in [1.165, 1.54) is 22.9 Å². The van der Waals surface area contributed by atoms with Gasteiger partial charge in [0.2, 0.25) is 0 Å². The van der Waals surface area contributed by atoms with Gasteiger partial charge in [-0.1, -0.05) is 53.7 Å². The number of halogens is 1. The number of rotatable bonds is 5. The Bertz CT molecular complexity index is 1510. The average molecular weight is 488 g/mol. The topological polar surface area (TPSA) is 55.7 Å². The van der Waals surface area contributed by atoms with Gasteiger partial charge in [0.1, 0.15) is 16.2 Å². The normalized spacial score (nSPS) is 13.0. The SMILES string of the molecule is O=C(CSc1ncnc2c1sc1nc(-c3ccccc3)c3c(c12)CCC3)c1ccc(Cl)cc1. The van der Waals surface area contributed by atoms with E-state index < -0.39 is 0 Å². The van der Waals surface area contributed by atoms with Crippen molar-refractivity contribution in [1.29, 1.82) is 0 Å². The number of thioether (sulfide) groups is 1. The van der Waals surface area contributed by atoms with Crippen molar-refractivity contribution < 1.29 is 4.79 Å². The molecule has 33 heavy (non-hydrogen) atoms. The second-order valence-corrected chi connectivity index (χ2v) is 10.4. The molecule has 0 radical (unpaired) electrons. The van der Waals surface area contributed by atoms with Crippen LogP contribution in [0, 0.1) is 0 Å². The Morgan fingerprint density at radius 3 is 2.61 bits per heavy atom. The van der Waals surface area contributed by atoms with Crippen LogP contribution < -0.4 is 0 Å². The lowest BCUT2D eigenvalue weighted by molar-refractivity contribution is 0.102. The number of ketones is 1. The number of hydrogen-bond donors (Lipinski definition) is 0. The van der Waals surface area contributed by atoms with E-state index in [0.29, 0.717) is 16.3 Å². The molecule has 0 fully saturated rings. The molecule has 0 amide bonds. The van der Waals surface area contributed by atoms with E-state index in [0.717, 1.165) is 56.0 Å². The molecular formula is C26H18ClN3OS2. The number of benzene rings is 2. The summed E-state index contributed by atoms with van der Waals surface area (Å²) < 4.78 is 1.01. The molecule has 162 valence electrons. The molecule has 0 bridgehead atoms. The van der Waals surface area contributed by atoms with Crippen LogP contribution in [0.3, 0.4) is 0 Å². The molecule has 0 spiro atoms. The van der Waals surface area contributed by atoms with E-state index in [-0.39, 0.29) is 5.78 Å². The molecule has 2 aromatic carbocycles. The lowest BCUT2D eigenvalue weighted by Crippen LogP contribution is -2.02. The molecule has 5 aromatic rings. The van der Waals surface area contributed by atoms with Gasteiger partial charge in [0.05, 0.1) is 21.7 Å². The highest BCUT2D eigenvalue weighted by atomic mass is 35.5. The molecule has 0 saturated carbocycles. The van der Waals surface area contributed by atoms with Crippen molar-refractivity contribution in [3.8, 4) is 11.3 Å². The molecule has 1 aliphatic carbocycles. The van der Waals surface area contributed by atoms with Gasteiger partial charge in [-0.15, -0.1) is 11.3 Å². The van der Waals surface area contributed by atoms with Crippen molar-refractivity contribution in [2.24, 2.45) is 0 Å². The van der Waals surface area contributed by atoms with Crippen LogP contribution in [0.15, 0.2) is 66.0 Å². The minimum absolute atomic E-state index is 0.0509. The lowest BCUT2D eigenvalue weighted by atomic mass is 10.0. The number of Topliss-reactive ketones (excluding diaryl/α,β-unsaturated/α-hetero) is 1. The van der Waals surface area contributed by atoms with Gasteiger partial charge in [-0.2, -0.15) is 0 Å². The predicted molar refractivity (Wildman–Crippen MR) is 137 cm³/mol. The highest BCUT2D eigenvalue weighted by Crippen LogP contribution is 2.43. The van der Waals surface area contributed by atoms with Gasteiger partial charge in [-0.3, -0.25) is 4.79 Å². The van der Waals surface area contributed by atoms with Crippen molar-refractivity contribution in [2.45, 2.75) is 24.3 Å². The summed E-state index contributed by atoms with van der Waals surface area (Å²) in [6.45, 7) is 0. The maximum atomic E-state index is 12.7. The first-order chi connectivity index (χ1) is 16.2. The molecule has 0 atom stereocenters. The second kappa shape index (κ2) is 8.52. The number of carbonyl (C=O) groups excluding carboxylic acids is 1. The van der Waals surface area contributed by atoms with Crippen molar-refractivity contribution in [3.05, 3.63) is 82.6 Å². The fourth-order valence-electron chi connectivity index (χ4n) is 4.47. The summed E-state index contributed by atoms with van der Waals surface area (Å²) in [5, 5.41) is 2.62. The van der Waals surface area contributed by atoms with E-state index in [2.05, 4.69) is 34.2 Å². The summed E-state index contributed by atoms with van der Waals surface area (Å²) in [6, 6.07) is 17.4. The zero-order chi connectivity index (χ0) is 22.4. The smallest absolute Gasteiger partial charge is 0.173 e. The number of nitrogens with zero attached hydrogens (tertiary/aromatic N) is 3. The van der Waals surface area contributed by atoms with E-state index in [9.17, 15) is 4.79 Å². The highest BCUT2D eigenvalue weighted by molar-refractivity contribution is 8.00. The fourth-order valence-corrected chi connectivity index (χ4v) is 6.72. The van der Waals surface area contributed by atoms with E-state index in [1.54, 1.807) is 41.9 Å². The fraction of sp³-hybridized carbons (Fsp3) is 0.154. The highest BCUT2D eigenvalue weighted by Gasteiger charge is 2.25. The monoisotopic (exact) mass is 487 g/mol. The molecule has 0 N–H and O–H groups in total. The molecular weight excluding hydrogens is 470 g/mol. The Kier molecular flexibility index (Phi) is 5.37. The van der Waals surface area contributed by atoms with Crippen LogP contribution in [0.1, 0.15) is 27.9 Å². The first kappa shape index (κ1) is 20.8. The zero-order valence-electron chi connectivity index (χ0n) is 17.5. The number of pyridine rings is 1. The number of carbonyl (C=O) groups is 1. The van der Waals surface area contributed by atoms with Gasteiger partial charge in [-0.25, -0.2) is 15.0 Å². The first-order valence-electron chi connectivity index (χ1n) is 10.7. The second-order valence-electron chi connectivity index (χ2n) is 7.99. The van der Waals surface area contributed by atoms with Crippen LogP contribution in [-0.2, 0) is 12.8 Å². The Hall–Kier alpha value is -2.80. The standard InChI is InChI=1S/C26H18ClN3OS2/c27-17-11-9-15(10-12-17)20(31)13-32-26-24-23(28-14-29-26)21-18-7-4-8-19(18)22(30-25(21)33-24)16-5-2-1-3-6-16/h1-3,5-6,9-12,14H,4,7-8,13H2. The first-order valence-corrected chi connectivity index (χ1v) is 12.9. The molecule has 7 heteroatoms. The Balaban J connectivity index is 1.42. The maximum absolute atomic E-state index is 12.7. The quantitative estimate of drug-likeness (QED) is 0.151. The minimum atomic E-state index is 0.0509. The summed E-state index contributed by atoms with van der Waals surface area (Å²) in [4.78, 5) is 27.9. The number of hydrogen-bond acceptors (Lipinski definition) is 6. The van der Waals surface area contributed by atoms with Crippen molar-refractivity contribution >= 4 is 60.9 Å².